The van der Waals surface area contributed by atoms with Crippen LogP contribution in [0, 0.1) is 12.8 Å². The molecule has 0 saturated carbocycles. The van der Waals surface area contributed by atoms with Crippen molar-refractivity contribution in [3.8, 4) is 5.75 Å². The number of aryl methyl sites for hydroxylation is 1. The van der Waals surface area contributed by atoms with Crippen LogP contribution >= 0.6 is 23.2 Å². The molecule has 2 aromatic carbocycles. The highest BCUT2D eigenvalue weighted by molar-refractivity contribution is 7.89. The molecule has 1 aliphatic heterocycles. The normalized spacial score (nSPS) is 17.7. The molecule has 0 bridgehead atoms. The van der Waals surface area contributed by atoms with Gasteiger partial charge in [-0.15, -0.1) is 0 Å². The zero-order valence-corrected chi connectivity index (χ0v) is 18.4. The molecule has 0 unspecified atom stereocenters. The van der Waals surface area contributed by atoms with E-state index in [4.69, 9.17) is 27.9 Å². The van der Waals surface area contributed by atoms with E-state index in [1.807, 2.05) is 6.92 Å². The quantitative estimate of drug-likeness (QED) is 0.725. The molecule has 0 aromatic heterocycles. The number of sulfonamides is 1. The lowest BCUT2D eigenvalue weighted by molar-refractivity contribution is -0.120. The zero-order chi connectivity index (χ0) is 21.2. The second-order valence-corrected chi connectivity index (χ2v) is 9.66. The molecule has 156 valence electrons. The van der Waals surface area contributed by atoms with Crippen LogP contribution in [-0.2, 0) is 14.8 Å². The van der Waals surface area contributed by atoms with Gasteiger partial charge in [0.2, 0.25) is 15.9 Å². The second-order valence-electron chi connectivity index (χ2n) is 6.94. The van der Waals surface area contributed by atoms with Crippen LogP contribution in [0.2, 0.25) is 10.0 Å². The van der Waals surface area contributed by atoms with Gasteiger partial charge in [-0.1, -0.05) is 35.3 Å². The molecule has 3 rings (SSSR count). The predicted molar refractivity (Wildman–Crippen MR) is 114 cm³/mol. The fraction of sp³-hybridized carbons (Fsp3) is 0.350. The number of amides is 1. The second kappa shape index (κ2) is 8.92. The van der Waals surface area contributed by atoms with Crippen LogP contribution in [0.15, 0.2) is 41.3 Å². The molecule has 1 heterocycles. The summed E-state index contributed by atoms with van der Waals surface area (Å²) < 4.78 is 33.0. The van der Waals surface area contributed by atoms with Crippen molar-refractivity contribution >= 4 is 44.8 Å². The Morgan fingerprint density at radius 3 is 2.55 bits per heavy atom. The number of carbonyl (C=O) groups is 1. The number of carbonyl (C=O) groups excluding carboxylic acids is 1. The van der Waals surface area contributed by atoms with Crippen LogP contribution in [0.5, 0.6) is 5.75 Å². The largest absolute Gasteiger partial charge is 0.495 e. The van der Waals surface area contributed by atoms with Crippen molar-refractivity contribution in [2.24, 2.45) is 5.92 Å². The lowest BCUT2D eigenvalue weighted by Crippen LogP contribution is -2.43. The summed E-state index contributed by atoms with van der Waals surface area (Å²) in [5.41, 5.74) is 1.14. The number of benzene rings is 2. The van der Waals surface area contributed by atoms with E-state index in [9.17, 15) is 13.2 Å². The molecule has 1 amide bonds. The smallest absolute Gasteiger partial charge is 0.246 e. The molecule has 1 N–H and O–H groups in total. The van der Waals surface area contributed by atoms with Gasteiger partial charge in [0.25, 0.3) is 0 Å². The lowest BCUT2D eigenvalue weighted by Gasteiger charge is -2.31. The number of rotatable bonds is 5. The first-order valence-electron chi connectivity index (χ1n) is 9.13. The average Bonchev–Trinajstić information content (AvgIpc) is 2.70. The molecule has 1 aliphatic rings. The first kappa shape index (κ1) is 21.9. The molecule has 0 radical (unpaired) electrons. The Hall–Kier alpha value is -1.80. The van der Waals surface area contributed by atoms with Gasteiger partial charge in [0, 0.05) is 13.1 Å². The van der Waals surface area contributed by atoms with Gasteiger partial charge >= 0.3 is 0 Å². The minimum absolute atomic E-state index is 0.0767. The summed E-state index contributed by atoms with van der Waals surface area (Å²) in [6, 6.07) is 9.95. The summed E-state index contributed by atoms with van der Waals surface area (Å²) in [4.78, 5) is 12.9. The van der Waals surface area contributed by atoms with Crippen LogP contribution < -0.4 is 10.1 Å². The van der Waals surface area contributed by atoms with Gasteiger partial charge in [0.1, 0.15) is 10.6 Å². The maximum Gasteiger partial charge on any atom is 0.246 e. The third-order valence-corrected chi connectivity index (χ3v) is 7.42. The van der Waals surface area contributed by atoms with E-state index in [2.05, 4.69) is 5.32 Å². The minimum atomic E-state index is -3.81. The zero-order valence-electron chi connectivity index (χ0n) is 16.1. The monoisotopic (exact) mass is 456 g/mol. The fourth-order valence-electron chi connectivity index (χ4n) is 3.34. The number of halogens is 2. The van der Waals surface area contributed by atoms with Gasteiger partial charge in [0.15, 0.2) is 0 Å². The first-order valence-corrected chi connectivity index (χ1v) is 11.3. The lowest BCUT2D eigenvalue weighted by atomic mass is 9.98. The van der Waals surface area contributed by atoms with Gasteiger partial charge in [-0.05, 0) is 49.6 Å². The summed E-state index contributed by atoms with van der Waals surface area (Å²) in [5, 5.41) is 3.40. The van der Waals surface area contributed by atoms with Crippen molar-refractivity contribution in [1.29, 1.82) is 0 Å². The topological polar surface area (TPSA) is 75.7 Å². The Morgan fingerprint density at radius 2 is 1.90 bits per heavy atom. The number of nitrogens with zero attached hydrogens (tertiary/aromatic N) is 1. The molecular weight excluding hydrogens is 435 g/mol. The Morgan fingerprint density at radius 1 is 1.21 bits per heavy atom. The summed E-state index contributed by atoms with van der Waals surface area (Å²) in [6.45, 7) is 2.24. The molecule has 29 heavy (non-hydrogen) atoms. The highest BCUT2D eigenvalue weighted by atomic mass is 35.5. The van der Waals surface area contributed by atoms with Crippen LogP contribution in [0.3, 0.4) is 0 Å². The molecule has 1 saturated heterocycles. The number of hydrogen-bond acceptors (Lipinski definition) is 4. The summed E-state index contributed by atoms with van der Waals surface area (Å²) in [7, 11) is -2.37. The highest BCUT2D eigenvalue weighted by Crippen LogP contribution is 2.33. The van der Waals surface area contributed by atoms with E-state index in [1.54, 1.807) is 36.4 Å². The number of para-hydroxylation sites is 1. The number of anilines is 1. The van der Waals surface area contributed by atoms with Crippen LogP contribution in [0.4, 0.5) is 5.69 Å². The molecule has 0 spiro atoms. The SMILES string of the molecule is COc1ccc(C)cc1S(=O)(=O)N1CCC[C@@H](C(=O)Nc2c(Cl)cccc2Cl)C1. The van der Waals surface area contributed by atoms with E-state index in [-0.39, 0.29) is 23.1 Å². The van der Waals surface area contributed by atoms with Gasteiger partial charge in [-0.3, -0.25) is 4.79 Å². The van der Waals surface area contributed by atoms with E-state index in [1.165, 1.54) is 11.4 Å². The van der Waals surface area contributed by atoms with E-state index in [0.29, 0.717) is 35.1 Å². The van der Waals surface area contributed by atoms with Crippen molar-refractivity contribution < 1.29 is 17.9 Å². The van der Waals surface area contributed by atoms with Crippen LogP contribution in [-0.4, -0.2) is 38.8 Å². The number of piperidine rings is 1. The molecule has 9 heteroatoms. The Bertz CT molecular complexity index is 1010. The van der Waals surface area contributed by atoms with E-state index < -0.39 is 15.9 Å². The van der Waals surface area contributed by atoms with Gasteiger partial charge in [0.05, 0.1) is 28.8 Å². The molecule has 0 aliphatic carbocycles. The molecule has 2 aromatic rings. The number of nitrogens with one attached hydrogen (secondary N) is 1. The summed E-state index contributed by atoms with van der Waals surface area (Å²) in [5.74, 6) is -0.539. The summed E-state index contributed by atoms with van der Waals surface area (Å²) >= 11 is 12.2. The predicted octanol–water partition coefficient (Wildman–Crippen LogP) is 4.35. The number of methoxy groups -OCH3 is 1. The Labute approximate surface area is 180 Å². The average molecular weight is 457 g/mol. The van der Waals surface area contributed by atoms with Crippen molar-refractivity contribution in [3.05, 3.63) is 52.0 Å². The molecule has 1 fully saturated rings. The molecular formula is C20H22Cl2N2O4S. The first-order chi connectivity index (χ1) is 13.7. The number of ether oxygens (including phenoxy) is 1. The third-order valence-electron chi connectivity index (χ3n) is 4.90. The third kappa shape index (κ3) is 4.69. The maximum atomic E-state index is 13.2. The van der Waals surface area contributed by atoms with Crippen molar-refractivity contribution in [3.63, 3.8) is 0 Å². The van der Waals surface area contributed by atoms with Crippen molar-refractivity contribution in [2.75, 3.05) is 25.5 Å². The highest BCUT2D eigenvalue weighted by Gasteiger charge is 2.35. The summed E-state index contributed by atoms with van der Waals surface area (Å²) in [6.07, 6.45) is 1.15. The molecule has 1 atom stereocenters. The Kier molecular flexibility index (Phi) is 6.73. The standard InChI is InChI=1S/C20H22Cl2N2O4S/c1-13-8-9-17(28-2)18(11-13)29(26,27)24-10-4-5-14(12-24)20(25)23-19-15(21)6-3-7-16(19)22/h3,6-9,11,14H,4-5,10,12H2,1-2H3,(H,23,25)/t14-/m1/s1. The van der Waals surface area contributed by atoms with Gasteiger partial charge in [-0.2, -0.15) is 4.31 Å². The van der Waals surface area contributed by atoms with Gasteiger partial charge in [-0.25, -0.2) is 8.42 Å². The van der Waals surface area contributed by atoms with Crippen molar-refractivity contribution in [2.45, 2.75) is 24.7 Å². The van der Waals surface area contributed by atoms with Crippen LogP contribution in [0.1, 0.15) is 18.4 Å². The van der Waals surface area contributed by atoms with E-state index in [0.717, 1.165) is 5.56 Å². The van der Waals surface area contributed by atoms with Gasteiger partial charge < -0.3 is 10.1 Å². The minimum Gasteiger partial charge on any atom is -0.495 e. The fourth-order valence-corrected chi connectivity index (χ4v) is 5.60. The van der Waals surface area contributed by atoms with Crippen LogP contribution in [0.25, 0.3) is 0 Å². The Balaban J connectivity index is 1.82. The maximum absolute atomic E-state index is 13.2. The van der Waals surface area contributed by atoms with E-state index >= 15 is 0 Å². The van der Waals surface area contributed by atoms with Crippen molar-refractivity contribution in [1.82, 2.24) is 4.31 Å². The number of hydrogen-bond donors (Lipinski definition) is 1. The molecule has 6 nitrogen and oxygen atoms in total.